The molecule has 0 bridgehead atoms. The van der Waals surface area contributed by atoms with Gasteiger partial charge in [0.25, 0.3) is 0 Å². The van der Waals surface area contributed by atoms with E-state index in [0.717, 1.165) is 17.7 Å². The molecule has 1 saturated carbocycles. The molecule has 0 amide bonds. The van der Waals surface area contributed by atoms with Crippen molar-refractivity contribution >= 4 is 17.7 Å². The molecule has 1 aromatic carbocycles. The summed E-state index contributed by atoms with van der Waals surface area (Å²) in [7, 11) is 0. The number of carboxylic acids is 1. The Bertz CT molecular complexity index is 410. The summed E-state index contributed by atoms with van der Waals surface area (Å²) in [6, 6.07) is 9.16. The molecule has 0 radical (unpaired) electrons. The number of hydrogen-bond donors (Lipinski definition) is 2. The monoisotopic (exact) mass is 279 g/mol. The van der Waals surface area contributed by atoms with Gasteiger partial charge in [-0.2, -0.15) is 11.8 Å². The summed E-state index contributed by atoms with van der Waals surface area (Å²) in [5, 5.41) is 13.3. The Morgan fingerprint density at radius 2 is 2.16 bits per heavy atom. The average molecular weight is 279 g/mol. The zero-order chi connectivity index (χ0) is 13.7. The molecule has 0 aromatic heterocycles. The third-order valence-electron chi connectivity index (χ3n) is 3.59. The second kappa shape index (κ2) is 6.96. The van der Waals surface area contributed by atoms with Crippen molar-refractivity contribution in [2.75, 3.05) is 5.75 Å². The zero-order valence-corrected chi connectivity index (χ0v) is 12.0. The number of rotatable bonds is 6. The smallest absolute Gasteiger partial charge is 0.325 e. The molecule has 104 valence electrons. The van der Waals surface area contributed by atoms with Crippen molar-refractivity contribution in [1.29, 1.82) is 0 Å². The van der Waals surface area contributed by atoms with Crippen molar-refractivity contribution in [2.45, 2.75) is 43.5 Å². The lowest BCUT2D eigenvalue weighted by Crippen LogP contribution is -2.40. The molecule has 3 nitrogen and oxygen atoms in total. The molecular weight excluding hydrogens is 258 g/mol. The van der Waals surface area contributed by atoms with E-state index in [4.69, 9.17) is 0 Å². The van der Waals surface area contributed by atoms with Gasteiger partial charge < -0.3 is 5.11 Å². The van der Waals surface area contributed by atoms with Crippen molar-refractivity contribution in [2.24, 2.45) is 0 Å². The molecule has 1 aromatic rings. The van der Waals surface area contributed by atoms with E-state index in [1.807, 2.05) is 42.1 Å². The predicted octanol–water partition coefficient (Wildman–Crippen LogP) is 3.08. The summed E-state index contributed by atoms with van der Waals surface area (Å²) < 4.78 is 0. The molecule has 0 spiro atoms. The van der Waals surface area contributed by atoms with Crippen LogP contribution in [0.4, 0.5) is 0 Å². The molecule has 2 N–H and O–H groups in total. The SMILES string of the molecule is CCSC1CCCC1NC(C(=O)O)c1ccccc1. The maximum absolute atomic E-state index is 11.5. The second-order valence-electron chi connectivity index (χ2n) is 4.88. The third kappa shape index (κ3) is 3.74. The standard InChI is InChI=1S/C15H21NO2S/c1-2-19-13-10-6-9-12(13)16-14(15(17)18)11-7-4-3-5-8-11/h3-5,7-8,12-14,16H,2,6,9-10H2,1H3,(H,17,18). The molecule has 1 fully saturated rings. The highest BCUT2D eigenvalue weighted by Crippen LogP contribution is 2.31. The molecule has 3 unspecified atom stereocenters. The van der Waals surface area contributed by atoms with Crippen LogP contribution in [0.2, 0.25) is 0 Å². The van der Waals surface area contributed by atoms with E-state index in [2.05, 4.69) is 12.2 Å². The highest BCUT2D eigenvalue weighted by molar-refractivity contribution is 7.99. The highest BCUT2D eigenvalue weighted by Gasteiger charge is 2.31. The fourth-order valence-electron chi connectivity index (χ4n) is 2.70. The number of hydrogen-bond acceptors (Lipinski definition) is 3. The lowest BCUT2D eigenvalue weighted by Gasteiger charge is -2.24. The Kier molecular flexibility index (Phi) is 5.28. The van der Waals surface area contributed by atoms with Crippen LogP contribution < -0.4 is 5.32 Å². The van der Waals surface area contributed by atoms with Crippen LogP contribution in [-0.2, 0) is 4.79 Å². The van der Waals surface area contributed by atoms with Crippen molar-refractivity contribution in [3.63, 3.8) is 0 Å². The fourth-order valence-corrected chi connectivity index (χ4v) is 3.91. The topological polar surface area (TPSA) is 49.3 Å². The van der Waals surface area contributed by atoms with Crippen LogP contribution in [0, 0.1) is 0 Å². The first-order valence-corrected chi connectivity index (χ1v) is 7.92. The maximum atomic E-state index is 11.5. The average Bonchev–Trinajstić information content (AvgIpc) is 2.84. The van der Waals surface area contributed by atoms with Crippen LogP contribution >= 0.6 is 11.8 Å². The number of nitrogens with one attached hydrogen (secondary N) is 1. The van der Waals surface area contributed by atoms with Crippen LogP contribution in [0.3, 0.4) is 0 Å². The molecule has 0 aliphatic heterocycles. The van der Waals surface area contributed by atoms with Gasteiger partial charge in [-0.05, 0) is 24.2 Å². The van der Waals surface area contributed by atoms with Crippen LogP contribution in [-0.4, -0.2) is 28.1 Å². The Hall–Kier alpha value is -1.00. The lowest BCUT2D eigenvalue weighted by atomic mass is 10.1. The Labute approximate surface area is 118 Å². The molecule has 0 saturated heterocycles. The van der Waals surface area contributed by atoms with Gasteiger partial charge in [0, 0.05) is 11.3 Å². The van der Waals surface area contributed by atoms with Crippen molar-refractivity contribution in [3.8, 4) is 0 Å². The van der Waals surface area contributed by atoms with Crippen molar-refractivity contribution < 1.29 is 9.90 Å². The first-order valence-electron chi connectivity index (χ1n) is 6.87. The van der Waals surface area contributed by atoms with E-state index >= 15 is 0 Å². The Balaban J connectivity index is 2.07. The van der Waals surface area contributed by atoms with Gasteiger partial charge in [-0.1, -0.05) is 43.7 Å². The molecule has 1 aliphatic rings. The zero-order valence-electron chi connectivity index (χ0n) is 11.2. The Morgan fingerprint density at radius 3 is 2.79 bits per heavy atom. The maximum Gasteiger partial charge on any atom is 0.325 e. The minimum absolute atomic E-state index is 0.311. The third-order valence-corrected chi connectivity index (χ3v) is 4.92. The first kappa shape index (κ1) is 14.4. The summed E-state index contributed by atoms with van der Waals surface area (Å²) in [4.78, 5) is 11.5. The molecule has 19 heavy (non-hydrogen) atoms. The number of carbonyl (C=O) groups is 1. The van der Waals surface area contributed by atoms with Gasteiger partial charge in [0.1, 0.15) is 6.04 Å². The highest BCUT2D eigenvalue weighted by atomic mass is 32.2. The van der Waals surface area contributed by atoms with E-state index in [0.29, 0.717) is 11.3 Å². The number of carboxylic acid groups (broad SMARTS) is 1. The summed E-state index contributed by atoms with van der Waals surface area (Å²) in [5.74, 6) is 0.296. The fraction of sp³-hybridized carbons (Fsp3) is 0.533. The molecule has 3 atom stereocenters. The van der Waals surface area contributed by atoms with Gasteiger partial charge in [-0.3, -0.25) is 10.1 Å². The van der Waals surface area contributed by atoms with Crippen LogP contribution in [0.25, 0.3) is 0 Å². The number of aliphatic carboxylic acids is 1. The number of benzene rings is 1. The van der Waals surface area contributed by atoms with E-state index in [1.165, 1.54) is 12.8 Å². The summed E-state index contributed by atoms with van der Waals surface area (Å²) in [6.45, 7) is 2.16. The van der Waals surface area contributed by atoms with Gasteiger partial charge in [0.2, 0.25) is 0 Å². The normalized spacial score (nSPS) is 24.3. The number of thioether (sulfide) groups is 1. The first-order chi connectivity index (χ1) is 9.22. The van der Waals surface area contributed by atoms with E-state index in [9.17, 15) is 9.90 Å². The van der Waals surface area contributed by atoms with Crippen molar-refractivity contribution in [3.05, 3.63) is 35.9 Å². The molecule has 0 heterocycles. The predicted molar refractivity (Wildman–Crippen MR) is 79.5 cm³/mol. The van der Waals surface area contributed by atoms with Gasteiger partial charge in [-0.15, -0.1) is 0 Å². The minimum Gasteiger partial charge on any atom is -0.480 e. The lowest BCUT2D eigenvalue weighted by molar-refractivity contribution is -0.139. The minimum atomic E-state index is -0.793. The van der Waals surface area contributed by atoms with Crippen LogP contribution in [0.5, 0.6) is 0 Å². The van der Waals surface area contributed by atoms with Crippen LogP contribution in [0.1, 0.15) is 37.8 Å². The summed E-state index contributed by atoms with van der Waals surface area (Å²) in [5.41, 5.74) is 0.835. The summed E-state index contributed by atoms with van der Waals surface area (Å²) in [6.07, 6.45) is 3.46. The second-order valence-corrected chi connectivity index (χ2v) is 6.40. The van der Waals surface area contributed by atoms with E-state index < -0.39 is 12.0 Å². The molecule has 4 heteroatoms. The van der Waals surface area contributed by atoms with Gasteiger partial charge in [0.15, 0.2) is 0 Å². The van der Waals surface area contributed by atoms with Crippen molar-refractivity contribution in [1.82, 2.24) is 5.32 Å². The van der Waals surface area contributed by atoms with Crippen LogP contribution in [0.15, 0.2) is 30.3 Å². The van der Waals surface area contributed by atoms with E-state index in [1.54, 1.807) is 0 Å². The van der Waals surface area contributed by atoms with Gasteiger partial charge >= 0.3 is 5.97 Å². The van der Waals surface area contributed by atoms with Gasteiger partial charge in [-0.25, -0.2) is 0 Å². The summed E-state index contributed by atoms with van der Waals surface area (Å²) >= 11 is 1.94. The van der Waals surface area contributed by atoms with E-state index in [-0.39, 0.29) is 0 Å². The molecular formula is C15H21NO2S. The molecule has 2 rings (SSSR count). The van der Waals surface area contributed by atoms with Gasteiger partial charge in [0.05, 0.1) is 0 Å². The molecule has 1 aliphatic carbocycles. The largest absolute Gasteiger partial charge is 0.480 e. The Morgan fingerprint density at radius 1 is 1.42 bits per heavy atom. The quantitative estimate of drug-likeness (QED) is 0.840.